The second-order valence-corrected chi connectivity index (χ2v) is 7.93. The molecule has 0 spiro atoms. The monoisotopic (exact) mass is 453 g/mol. The number of pyridine rings is 1. The number of fused-ring (bicyclic) bond motifs is 3. The van der Waals surface area contributed by atoms with Crippen LogP contribution in [0.1, 0.15) is 16.1 Å². The zero-order chi connectivity index (χ0) is 23.1. The second kappa shape index (κ2) is 8.24. The number of aromatic amines is 1. The first kappa shape index (κ1) is 21.0. The molecule has 0 aliphatic carbocycles. The molecule has 0 bridgehead atoms. The highest BCUT2D eigenvalue weighted by Crippen LogP contribution is 2.23. The van der Waals surface area contributed by atoms with Gasteiger partial charge in [0.15, 0.2) is 0 Å². The topological polar surface area (TPSA) is 98.6 Å². The fourth-order valence-electron chi connectivity index (χ4n) is 4.24. The fraction of sp³-hybridized carbons (Fsp3) is 0.273. The number of nitrogens with zero attached hydrogens (tertiary/aromatic N) is 5. The van der Waals surface area contributed by atoms with E-state index in [9.17, 15) is 18.4 Å². The number of hydrogen-bond donors (Lipinski definition) is 2. The molecule has 11 heteroatoms. The van der Waals surface area contributed by atoms with Gasteiger partial charge in [-0.15, -0.1) is 0 Å². The van der Waals surface area contributed by atoms with Crippen molar-refractivity contribution in [3.8, 4) is 0 Å². The Kier molecular flexibility index (Phi) is 5.25. The van der Waals surface area contributed by atoms with Crippen molar-refractivity contribution < 1.29 is 13.6 Å². The van der Waals surface area contributed by atoms with Gasteiger partial charge < -0.3 is 15.2 Å². The summed E-state index contributed by atoms with van der Waals surface area (Å²) in [5.41, 5.74) is 1.75. The quantitative estimate of drug-likeness (QED) is 0.455. The lowest BCUT2D eigenvalue weighted by molar-refractivity contribution is 0.0957. The SMILES string of the molecule is CNC(=O)c1ccc(N2CCN(Cc3cc(F)c4c(c3)[nH]c(=O)c3cncn34)CC2)c(F)n1. The summed E-state index contributed by atoms with van der Waals surface area (Å²) in [6.07, 6.45) is 2.82. The number of rotatable bonds is 4. The van der Waals surface area contributed by atoms with Gasteiger partial charge >= 0.3 is 0 Å². The lowest BCUT2D eigenvalue weighted by Gasteiger charge is -2.36. The Bertz CT molecular complexity index is 1420. The first-order valence-corrected chi connectivity index (χ1v) is 10.5. The van der Waals surface area contributed by atoms with E-state index in [1.54, 1.807) is 12.1 Å². The number of imidazole rings is 1. The Morgan fingerprint density at radius 2 is 1.97 bits per heavy atom. The van der Waals surface area contributed by atoms with Gasteiger partial charge in [-0.2, -0.15) is 4.39 Å². The lowest BCUT2D eigenvalue weighted by atomic mass is 10.1. The molecular formula is C22H21F2N7O2. The molecule has 0 unspecified atom stereocenters. The van der Waals surface area contributed by atoms with Crippen molar-refractivity contribution in [3.05, 3.63) is 70.2 Å². The third kappa shape index (κ3) is 3.80. The molecule has 3 aromatic heterocycles. The van der Waals surface area contributed by atoms with E-state index >= 15 is 0 Å². The summed E-state index contributed by atoms with van der Waals surface area (Å²) < 4.78 is 30.8. The van der Waals surface area contributed by atoms with E-state index in [-0.39, 0.29) is 22.3 Å². The van der Waals surface area contributed by atoms with Crippen LogP contribution >= 0.6 is 0 Å². The van der Waals surface area contributed by atoms with Crippen LogP contribution in [-0.4, -0.2) is 63.4 Å². The Hall–Kier alpha value is -3.86. The molecule has 5 rings (SSSR count). The average molecular weight is 453 g/mol. The number of H-pyrrole nitrogens is 1. The van der Waals surface area contributed by atoms with Crippen molar-refractivity contribution in [1.29, 1.82) is 0 Å². The number of carbonyl (C=O) groups excluding carboxylic acids is 1. The minimum atomic E-state index is -0.684. The maximum atomic E-state index is 14.9. The highest BCUT2D eigenvalue weighted by atomic mass is 19.1. The number of hydrogen-bond acceptors (Lipinski definition) is 6. The molecule has 33 heavy (non-hydrogen) atoms. The number of benzene rings is 1. The zero-order valence-corrected chi connectivity index (χ0v) is 17.8. The molecular weight excluding hydrogens is 432 g/mol. The standard InChI is InChI=1S/C22H21F2N7O2/c1-25-21(32)15-2-3-17(20(24)27-15)30-6-4-29(5-7-30)11-13-8-14(23)19-16(9-13)28-22(33)18-10-26-12-31(18)19/h2-3,8-10,12H,4-7,11H2,1H3,(H,25,32)(H,28,33). The molecule has 1 aliphatic rings. The summed E-state index contributed by atoms with van der Waals surface area (Å²) in [4.78, 5) is 38.3. The van der Waals surface area contributed by atoms with Crippen LogP contribution in [0.15, 0.2) is 41.6 Å². The first-order valence-electron chi connectivity index (χ1n) is 10.5. The molecule has 2 N–H and O–H groups in total. The van der Waals surface area contributed by atoms with E-state index in [4.69, 9.17) is 0 Å². The van der Waals surface area contributed by atoms with Crippen molar-refractivity contribution in [1.82, 2.24) is 29.6 Å². The van der Waals surface area contributed by atoms with Crippen molar-refractivity contribution in [2.24, 2.45) is 0 Å². The van der Waals surface area contributed by atoms with E-state index in [1.807, 2.05) is 4.90 Å². The molecule has 1 saturated heterocycles. The highest BCUT2D eigenvalue weighted by molar-refractivity contribution is 5.92. The van der Waals surface area contributed by atoms with Crippen LogP contribution in [0.25, 0.3) is 16.6 Å². The predicted octanol–water partition coefficient (Wildman–Crippen LogP) is 1.53. The predicted molar refractivity (Wildman–Crippen MR) is 118 cm³/mol. The molecule has 1 aromatic carbocycles. The van der Waals surface area contributed by atoms with E-state index in [0.717, 1.165) is 5.56 Å². The molecule has 4 aromatic rings. The number of amides is 1. The minimum Gasteiger partial charge on any atom is -0.365 e. The smallest absolute Gasteiger partial charge is 0.274 e. The number of nitrogens with one attached hydrogen (secondary N) is 2. The zero-order valence-electron chi connectivity index (χ0n) is 17.8. The summed E-state index contributed by atoms with van der Waals surface area (Å²) in [6.45, 7) is 2.86. The van der Waals surface area contributed by atoms with Gasteiger partial charge in [-0.1, -0.05) is 0 Å². The van der Waals surface area contributed by atoms with E-state index in [0.29, 0.717) is 43.9 Å². The Labute approximate surface area is 186 Å². The van der Waals surface area contributed by atoms with Crippen LogP contribution in [0.3, 0.4) is 0 Å². The number of anilines is 1. The summed E-state index contributed by atoms with van der Waals surface area (Å²) in [5, 5.41) is 2.42. The molecule has 0 radical (unpaired) electrons. The molecule has 1 fully saturated rings. The second-order valence-electron chi connectivity index (χ2n) is 7.93. The lowest BCUT2D eigenvalue weighted by Crippen LogP contribution is -2.46. The van der Waals surface area contributed by atoms with Gasteiger partial charge in [0, 0.05) is 39.8 Å². The van der Waals surface area contributed by atoms with Gasteiger partial charge in [-0.3, -0.25) is 18.9 Å². The van der Waals surface area contributed by atoms with Gasteiger partial charge in [0.25, 0.3) is 11.5 Å². The van der Waals surface area contributed by atoms with Crippen LogP contribution in [-0.2, 0) is 6.54 Å². The van der Waals surface area contributed by atoms with Crippen LogP contribution in [0.4, 0.5) is 14.5 Å². The largest absolute Gasteiger partial charge is 0.365 e. The normalized spacial score (nSPS) is 14.8. The third-order valence-electron chi connectivity index (χ3n) is 5.89. The Balaban J connectivity index is 1.31. The Morgan fingerprint density at radius 3 is 2.70 bits per heavy atom. The molecule has 9 nitrogen and oxygen atoms in total. The van der Waals surface area contributed by atoms with Gasteiger partial charge in [0.2, 0.25) is 5.95 Å². The number of aromatic nitrogens is 4. The summed E-state index contributed by atoms with van der Waals surface area (Å²) in [6, 6.07) is 6.30. The molecule has 170 valence electrons. The van der Waals surface area contributed by atoms with Crippen LogP contribution < -0.4 is 15.8 Å². The highest BCUT2D eigenvalue weighted by Gasteiger charge is 2.22. The number of halogens is 2. The van der Waals surface area contributed by atoms with Gasteiger partial charge in [0.05, 0.1) is 23.7 Å². The van der Waals surface area contributed by atoms with E-state index in [1.165, 1.54) is 36.1 Å². The molecule has 1 amide bonds. The maximum Gasteiger partial charge on any atom is 0.274 e. The van der Waals surface area contributed by atoms with Crippen LogP contribution in [0, 0.1) is 11.8 Å². The number of carbonyl (C=O) groups is 1. The van der Waals surface area contributed by atoms with Crippen molar-refractivity contribution in [2.75, 3.05) is 38.1 Å². The van der Waals surface area contributed by atoms with Crippen molar-refractivity contribution >= 4 is 28.1 Å². The third-order valence-corrected chi connectivity index (χ3v) is 5.89. The van der Waals surface area contributed by atoms with Crippen molar-refractivity contribution in [3.63, 3.8) is 0 Å². The summed E-state index contributed by atoms with van der Waals surface area (Å²) >= 11 is 0. The van der Waals surface area contributed by atoms with E-state index < -0.39 is 17.7 Å². The molecule has 1 aliphatic heterocycles. The van der Waals surface area contributed by atoms with Crippen LogP contribution in [0.2, 0.25) is 0 Å². The summed E-state index contributed by atoms with van der Waals surface area (Å²) in [7, 11) is 1.46. The summed E-state index contributed by atoms with van der Waals surface area (Å²) in [5.74, 6) is -1.57. The Morgan fingerprint density at radius 1 is 1.18 bits per heavy atom. The molecule has 4 heterocycles. The average Bonchev–Trinajstić information content (AvgIpc) is 3.29. The van der Waals surface area contributed by atoms with Gasteiger partial charge in [-0.05, 0) is 29.8 Å². The molecule has 0 saturated carbocycles. The maximum absolute atomic E-state index is 14.9. The van der Waals surface area contributed by atoms with Gasteiger partial charge in [0.1, 0.15) is 22.5 Å². The van der Waals surface area contributed by atoms with Crippen molar-refractivity contribution in [2.45, 2.75) is 6.54 Å². The fourth-order valence-corrected chi connectivity index (χ4v) is 4.24. The first-order chi connectivity index (χ1) is 15.9. The van der Waals surface area contributed by atoms with Gasteiger partial charge in [-0.25, -0.2) is 14.4 Å². The van der Waals surface area contributed by atoms with Crippen LogP contribution in [0.5, 0.6) is 0 Å². The molecule has 0 atom stereocenters. The van der Waals surface area contributed by atoms with E-state index in [2.05, 4.69) is 25.2 Å². The minimum absolute atomic E-state index is 0.0294. The number of piperazine rings is 1.